The van der Waals surface area contributed by atoms with E-state index in [1.165, 1.54) is 6.42 Å². The molecule has 0 aromatic rings. The predicted molar refractivity (Wildman–Crippen MR) is 39.5 cm³/mol. The maximum atomic E-state index is 5.00. The van der Waals surface area contributed by atoms with Crippen LogP contribution in [0.2, 0.25) is 0 Å². The Labute approximate surface area is 62.4 Å². The van der Waals surface area contributed by atoms with E-state index in [1.807, 2.05) is 0 Å². The molecule has 0 saturated carbocycles. The fourth-order valence-electron chi connectivity index (χ4n) is 1.08. The Hall–Kier alpha value is -0.0800. The minimum Gasteiger partial charge on any atom is -0.236 e. The van der Waals surface area contributed by atoms with E-state index in [0.717, 1.165) is 25.4 Å². The Morgan fingerprint density at radius 1 is 1.50 bits per heavy atom. The minimum atomic E-state index is 0.377. The van der Waals surface area contributed by atoms with Crippen molar-refractivity contribution < 1.29 is 9.78 Å². The molecule has 0 aromatic carbocycles. The zero-order chi connectivity index (χ0) is 7.40. The number of hydrogen-bond acceptors (Lipinski definition) is 2. The van der Waals surface area contributed by atoms with Crippen molar-refractivity contribution in [1.82, 2.24) is 0 Å². The van der Waals surface area contributed by atoms with Crippen LogP contribution in [0.15, 0.2) is 0 Å². The van der Waals surface area contributed by atoms with Crippen LogP contribution in [0.25, 0.3) is 0 Å². The quantitative estimate of drug-likeness (QED) is 0.565. The topological polar surface area (TPSA) is 18.5 Å². The second-order valence-corrected chi connectivity index (χ2v) is 3.30. The van der Waals surface area contributed by atoms with Gasteiger partial charge in [-0.25, -0.2) is 9.78 Å². The summed E-state index contributed by atoms with van der Waals surface area (Å²) < 4.78 is 0. The van der Waals surface area contributed by atoms with Crippen LogP contribution in [0.3, 0.4) is 0 Å². The molecule has 1 aliphatic rings. The third-order valence-corrected chi connectivity index (χ3v) is 1.79. The van der Waals surface area contributed by atoms with Gasteiger partial charge in [0.1, 0.15) is 0 Å². The average molecular weight is 144 g/mol. The molecule has 0 amide bonds. The highest BCUT2D eigenvalue weighted by atomic mass is 17.2. The van der Waals surface area contributed by atoms with Gasteiger partial charge in [0.15, 0.2) is 0 Å². The zero-order valence-electron chi connectivity index (χ0n) is 6.80. The van der Waals surface area contributed by atoms with E-state index in [2.05, 4.69) is 13.8 Å². The van der Waals surface area contributed by atoms with Crippen LogP contribution in [0.5, 0.6) is 0 Å². The largest absolute Gasteiger partial charge is 0.236 e. The van der Waals surface area contributed by atoms with Gasteiger partial charge in [-0.15, -0.1) is 0 Å². The van der Waals surface area contributed by atoms with Gasteiger partial charge in [-0.1, -0.05) is 13.8 Å². The number of hydrogen-bond donors (Lipinski definition) is 0. The summed E-state index contributed by atoms with van der Waals surface area (Å²) in [5, 5.41) is 0. The summed E-state index contributed by atoms with van der Waals surface area (Å²) in [5.74, 6) is 0.782. The molecule has 0 aromatic heterocycles. The Balaban J connectivity index is 2.01. The maximum absolute atomic E-state index is 5.00. The van der Waals surface area contributed by atoms with E-state index < -0.39 is 0 Å². The van der Waals surface area contributed by atoms with Gasteiger partial charge in [0.2, 0.25) is 0 Å². The summed E-state index contributed by atoms with van der Waals surface area (Å²) in [6.45, 7) is 5.24. The van der Waals surface area contributed by atoms with Crippen LogP contribution in [-0.2, 0) is 9.78 Å². The highest BCUT2D eigenvalue weighted by molar-refractivity contribution is 4.60. The fourth-order valence-corrected chi connectivity index (χ4v) is 1.08. The van der Waals surface area contributed by atoms with Gasteiger partial charge in [-0.2, -0.15) is 0 Å². The molecule has 1 heterocycles. The highest BCUT2D eigenvalue weighted by Crippen LogP contribution is 2.16. The molecule has 10 heavy (non-hydrogen) atoms. The van der Waals surface area contributed by atoms with Gasteiger partial charge in [0.05, 0.1) is 12.7 Å². The number of rotatable bonds is 3. The van der Waals surface area contributed by atoms with E-state index in [0.29, 0.717) is 6.10 Å². The first kappa shape index (κ1) is 8.02. The maximum Gasteiger partial charge on any atom is 0.0953 e. The lowest BCUT2D eigenvalue weighted by molar-refractivity contribution is -0.275. The van der Waals surface area contributed by atoms with Crippen molar-refractivity contribution in [2.75, 3.05) is 6.61 Å². The predicted octanol–water partition coefficient (Wildman–Crippen LogP) is 2.14. The van der Waals surface area contributed by atoms with Crippen LogP contribution >= 0.6 is 0 Å². The lowest BCUT2D eigenvalue weighted by atomic mass is 10.0. The Morgan fingerprint density at radius 2 is 2.30 bits per heavy atom. The van der Waals surface area contributed by atoms with Crippen molar-refractivity contribution >= 4 is 0 Å². The molecule has 1 atom stereocenters. The third-order valence-electron chi connectivity index (χ3n) is 1.79. The van der Waals surface area contributed by atoms with Crippen LogP contribution in [0.1, 0.15) is 33.1 Å². The summed E-state index contributed by atoms with van der Waals surface area (Å²) in [7, 11) is 0. The van der Waals surface area contributed by atoms with Gasteiger partial charge < -0.3 is 0 Å². The molecule has 0 spiro atoms. The molecule has 0 aliphatic carbocycles. The molecule has 2 nitrogen and oxygen atoms in total. The molecule has 2 heteroatoms. The SMILES string of the molecule is CC(C)CCC1CCOO1. The van der Waals surface area contributed by atoms with Crippen LogP contribution in [0, 0.1) is 5.92 Å². The summed E-state index contributed by atoms with van der Waals surface area (Å²) in [6, 6.07) is 0. The zero-order valence-corrected chi connectivity index (χ0v) is 6.80. The summed E-state index contributed by atoms with van der Waals surface area (Å²) in [6.07, 6.45) is 3.85. The van der Waals surface area contributed by atoms with Crippen molar-refractivity contribution in [3.63, 3.8) is 0 Å². The van der Waals surface area contributed by atoms with E-state index in [9.17, 15) is 0 Å². The Morgan fingerprint density at radius 3 is 2.80 bits per heavy atom. The molecular weight excluding hydrogens is 128 g/mol. The van der Waals surface area contributed by atoms with E-state index in [1.54, 1.807) is 0 Å². The lowest BCUT2D eigenvalue weighted by Gasteiger charge is -2.07. The monoisotopic (exact) mass is 144 g/mol. The van der Waals surface area contributed by atoms with E-state index in [4.69, 9.17) is 9.78 Å². The lowest BCUT2D eigenvalue weighted by Crippen LogP contribution is -2.05. The molecule has 1 aliphatic heterocycles. The molecule has 0 radical (unpaired) electrons. The summed E-state index contributed by atoms with van der Waals surface area (Å²) in [5.41, 5.74) is 0. The Bertz CT molecular complexity index is 85.3. The van der Waals surface area contributed by atoms with Gasteiger partial charge in [-0.05, 0) is 18.8 Å². The highest BCUT2D eigenvalue weighted by Gasteiger charge is 2.16. The first-order valence-corrected chi connectivity index (χ1v) is 4.07. The van der Waals surface area contributed by atoms with Crippen LogP contribution in [0.4, 0.5) is 0 Å². The smallest absolute Gasteiger partial charge is 0.0953 e. The molecule has 0 bridgehead atoms. The second kappa shape index (κ2) is 3.94. The van der Waals surface area contributed by atoms with E-state index in [-0.39, 0.29) is 0 Å². The van der Waals surface area contributed by atoms with Crippen LogP contribution in [-0.4, -0.2) is 12.7 Å². The van der Waals surface area contributed by atoms with Gasteiger partial charge in [0.25, 0.3) is 0 Å². The molecule has 1 rings (SSSR count). The van der Waals surface area contributed by atoms with Crippen molar-refractivity contribution in [3.05, 3.63) is 0 Å². The molecule has 60 valence electrons. The van der Waals surface area contributed by atoms with Gasteiger partial charge in [-0.3, -0.25) is 0 Å². The third kappa shape index (κ3) is 2.67. The Kier molecular flexibility index (Phi) is 3.16. The van der Waals surface area contributed by atoms with Gasteiger partial charge >= 0.3 is 0 Å². The van der Waals surface area contributed by atoms with E-state index >= 15 is 0 Å². The second-order valence-electron chi connectivity index (χ2n) is 3.30. The first-order chi connectivity index (χ1) is 4.79. The minimum absolute atomic E-state index is 0.377. The standard InChI is InChI=1S/C8H16O2/c1-7(2)3-4-8-5-6-9-10-8/h7-8H,3-6H2,1-2H3. The molecule has 1 fully saturated rings. The fraction of sp³-hybridized carbons (Fsp3) is 1.00. The summed E-state index contributed by atoms with van der Waals surface area (Å²) in [4.78, 5) is 9.79. The van der Waals surface area contributed by atoms with Crippen molar-refractivity contribution in [1.29, 1.82) is 0 Å². The first-order valence-electron chi connectivity index (χ1n) is 4.07. The van der Waals surface area contributed by atoms with Crippen molar-refractivity contribution in [3.8, 4) is 0 Å². The molecule has 1 saturated heterocycles. The summed E-state index contributed by atoms with van der Waals surface area (Å²) >= 11 is 0. The molecular formula is C8H16O2. The molecule has 0 N–H and O–H groups in total. The normalized spacial score (nSPS) is 26.1. The van der Waals surface area contributed by atoms with Crippen molar-refractivity contribution in [2.45, 2.75) is 39.2 Å². The van der Waals surface area contributed by atoms with Crippen molar-refractivity contribution in [2.24, 2.45) is 5.92 Å². The van der Waals surface area contributed by atoms with Crippen LogP contribution < -0.4 is 0 Å². The van der Waals surface area contributed by atoms with Gasteiger partial charge in [0, 0.05) is 6.42 Å². The average Bonchev–Trinajstić information content (AvgIpc) is 2.34. The molecule has 1 unspecified atom stereocenters.